The lowest BCUT2D eigenvalue weighted by Gasteiger charge is -2.10. The molecule has 1 amide bonds. The van der Waals surface area contributed by atoms with Crippen molar-refractivity contribution in [2.75, 3.05) is 5.32 Å². The summed E-state index contributed by atoms with van der Waals surface area (Å²) in [5, 5.41) is 16.5. The first kappa shape index (κ1) is 16.8. The minimum Gasteiger partial charge on any atom is -0.505 e. The number of aromatic hydroxyl groups is 1. The summed E-state index contributed by atoms with van der Waals surface area (Å²) in [7, 11) is 0. The number of aryl methyl sites for hydroxylation is 1. The molecule has 8 heteroatoms. The van der Waals surface area contributed by atoms with Crippen molar-refractivity contribution in [1.82, 2.24) is 14.8 Å². The lowest BCUT2D eigenvalue weighted by Crippen LogP contribution is -2.25. The number of halogens is 1. The minimum absolute atomic E-state index is 0.271. The van der Waals surface area contributed by atoms with E-state index in [0.29, 0.717) is 11.5 Å². The van der Waals surface area contributed by atoms with Crippen LogP contribution in [0.5, 0.6) is 5.75 Å². The highest BCUT2D eigenvalue weighted by atomic mass is 79.9. The van der Waals surface area contributed by atoms with E-state index in [0.717, 1.165) is 20.8 Å². The van der Waals surface area contributed by atoms with Gasteiger partial charge in [0.05, 0.1) is 5.69 Å². The second-order valence-corrected chi connectivity index (χ2v) is 6.14. The molecule has 0 aliphatic rings. The largest absolute Gasteiger partial charge is 0.505 e. The van der Waals surface area contributed by atoms with Crippen molar-refractivity contribution in [2.45, 2.75) is 6.92 Å². The normalized spacial score (nSPS) is 10.5. The Balaban J connectivity index is 2.00. The van der Waals surface area contributed by atoms with Crippen molar-refractivity contribution in [2.24, 2.45) is 0 Å². The third kappa shape index (κ3) is 3.58. The maximum Gasteiger partial charge on any atom is 0.281 e. The third-order valence-electron chi connectivity index (χ3n) is 3.44. The minimum atomic E-state index is -0.662. The number of aromatic nitrogens is 3. The quantitative estimate of drug-likeness (QED) is 0.704. The number of amides is 1. The fraction of sp³-hybridized carbons (Fsp3) is 0.0588. The maximum atomic E-state index is 12.4. The molecule has 0 bridgehead atoms. The molecule has 2 heterocycles. The Morgan fingerprint density at radius 2 is 1.96 bits per heavy atom. The van der Waals surface area contributed by atoms with Gasteiger partial charge in [-0.3, -0.25) is 9.59 Å². The predicted octanol–water partition coefficient (Wildman–Crippen LogP) is 2.66. The van der Waals surface area contributed by atoms with Gasteiger partial charge in [-0.1, -0.05) is 22.0 Å². The first-order chi connectivity index (χ1) is 12.0. The van der Waals surface area contributed by atoms with E-state index in [2.05, 4.69) is 31.3 Å². The van der Waals surface area contributed by atoms with Crippen LogP contribution >= 0.6 is 15.9 Å². The molecule has 3 rings (SSSR count). The Hall–Kier alpha value is -3.00. The molecule has 0 aliphatic carbocycles. The number of anilines is 1. The van der Waals surface area contributed by atoms with E-state index >= 15 is 0 Å². The summed E-state index contributed by atoms with van der Waals surface area (Å²) < 4.78 is 1.89. The van der Waals surface area contributed by atoms with Crippen molar-refractivity contribution >= 4 is 27.7 Å². The first-order valence-electron chi connectivity index (χ1n) is 7.28. The monoisotopic (exact) mass is 400 g/mol. The average molecular weight is 401 g/mol. The molecule has 0 radical (unpaired) electrons. The standard InChI is InChI=1S/C17H13BrN4O3/c1-10-3-2-8-19-16(10)20-17(25)15-13(23)9-14(24)22(21-15)12-6-4-11(18)5-7-12/h2-9,23H,1H3,(H,19,20,25). The summed E-state index contributed by atoms with van der Waals surface area (Å²) in [6.07, 6.45) is 1.54. The lowest BCUT2D eigenvalue weighted by molar-refractivity contribution is 0.101. The zero-order chi connectivity index (χ0) is 18.0. The molecular weight excluding hydrogens is 388 g/mol. The molecule has 25 heavy (non-hydrogen) atoms. The zero-order valence-corrected chi connectivity index (χ0v) is 14.7. The summed E-state index contributed by atoms with van der Waals surface area (Å²) >= 11 is 3.31. The molecule has 0 unspecified atom stereocenters. The van der Waals surface area contributed by atoms with Gasteiger partial charge < -0.3 is 10.4 Å². The highest BCUT2D eigenvalue weighted by Crippen LogP contribution is 2.17. The van der Waals surface area contributed by atoms with Gasteiger partial charge in [-0.25, -0.2) is 4.98 Å². The van der Waals surface area contributed by atoms with E-state index in [-0.39, 0.29) is 5.69 Å². The molecule has 126 valence electrons. The number of benzene rings is 1. The molecule has 0 spiro atoms. The Morgan fingerprint density at radius 3 is 2.64 bits per heavy atom. The number of hydrogen-bond donors (Lipinski definition) is 2. The smallest absolute Gasteiger partial charge is 0.281 e. The van der Waals surface area contributed by atoms with Gasteiger partial charge >= 0.3 is 0 Å². The summed E-state index contributed by atoms with van der Waals surface area (Å²) in [6, 6.07) is 11.3. The summed E-state index contributed by atoms with van der Waals surface area (Å²) in [5.74, 6) is -0.801. The van der Waals surface area contributed by atoms with Gasteiger partial charge in [0.1, 0.15) is 5.82 Å². The topological polar surface area (TPSA) is 97.1 Å². The highest BCUT2D eigenvalue weighted by molar-refractivity contribution is 9.10. The Labute approximate surface area is 151 Å². The fourth-order valence-corrected chi connectivity index (χ4v) is 2.42. The maximum absolute atomic E-state index is 12.4. The van der Waals surface area contributed by atoms with E-state index in [4.69, 9.17) is 0 Å². The van der Waals surface area contributed by atoms with E-state index in [9.17, 15) is 14.7 Å². The van der Waals surface area contributed by atoms with Crippen molar-refractivity contribution in [1.29, 1.82) is 0 Å². The molecule has 2 aromatic heterocycles. The number of carbonyl (C=O) groups excluding carboxylic acids is 1. The van der Waals surface area contributed by atoms with Crippen molar-refractivity contribution in [3.63, 3.8) is 0 Å². The molecule has 0 saturated carbocycles. The van der Waals surface area contributed by atoms with Gasteiger partial charge in [0.2, 0.25) is 0 Å². The average Bonchev–Trinajstić information content (AvgIpc) is 2.58. The summed E-state index contributed by atoms with van der Waals surface area (Å²) in [5.41, 5.74) is 0.408. The lowest BCUT2D eigenvalue weighted by atomic mass is 10.2. The number of pyridine rings is 1. The van der Waals surface area contributed by atoms with Gasteiger partial charge in [-0.15, -0.1) is 0 Å². The van der Waals surface area contributed by atoms with Crippen molar-refractivity contribution in [3.8, 4) is 11.4 Å². The molecule has 0 aliphatic heterocycles. The van der Waals surface area contributed by atoms with Crippen LogP contribution in [0.2, 0.25) is 0 Å². The van der Waals surface area contributed by atoms with Crippen LogP contribution in [0.3, 0.4) is 0 Å². The second kappa shape index (κ2) is 6.86. The number of rotatable bonds is 3. The SMILES string of the molecule is Cc1cccnc1NC(=O)c1nn(-c2ccc(Br)cc2)c(=O)cc1O. The van der Waals surface area contributed by atoms with Crippen LogP contribution in [-0.2, 0) is 0 Å². The van der Waals surface area contributed by atoms with Gasteiger partial charge in [0.25, 0.3) is 11.5 Å². The molecule has 0 fully saturated rings. The third-order valence-corrected chi connectivity index (χ3v) is 3.97. The Morgan fingerprint density at radius 1 is 1.24 bits per heavy atom. The van der Waals surface area contributed by atoms with E-state index in [1.54, 1.807) is 49.5 Å². The molecule has 0 saturated heterocycles. The molecule has 0 atom stereocenters. The molecule has 7 nitrogen and oxygen atoms in total. The Kier molecular flexibility index (Phi) is 4.62. The first-order valence-corrected chi connectivity index (χ1v) is 8.07. The number of nitrogens with zero attached hydrogens (tertiary/aromatic N) is 3. The summed E-state index contributed by atoms with van der Waals surface area (Å²) in [4.78, 5) is 28.6. The Bertz CT molecular complexity index is 1000. The number of hydrogen-bond acceptors (Lipinski definition) is 5. The number of nitrogens with one attached hydrogen (secondary N) is 1. The summed E-state index contributed by atoms with van der Waals surface area (Å²) in [6.45, 7) is 1.79. The van der Waals surface area contributed by atoms with Gasteiger partial charge in [0.15, 0.2) is 11.4 Å². The van der Waals surface area contributed by atoms with E-state index in [1.807, 2.05) is 0 Å². The van der Waals surface area contributed by atoms with Crippen LogP contribution in [0.1, 0.15) is 16.1 Å². The molecule has 2 N–H and O–H groups in total. The predicted molar refractivity (Wildman–Crippen MR) is 96.1 cm³/mol. The van der Waals surface area contributed by atoms with Gasteiger partial charge in [-0.05, 0) is 42.8 Å². The van der Waals surface area contributed by atoms with Crippen LogP contribution < -0.4 is 10.9 Å². The van der Waals surface area contributed by atoms with Crippen LogP contribution in [0, 0.1) is 6.92 Å². The van der Waals surface area contributed by atoms with Crippen LogP contribution in [-0.4, -0.2) is 25.8 Å². The molecule has 1 aromatic carbocycles. The molecule has 3 aromatic rings. The van der Waals surface area contributed by atoms with Gasteiger partial charge in [0, 0.05) is 16.7 Å². The van der Waals surface area contributed by atoms with E-state index in [1.165, 1.54) is 0 Å². The zero-order valence-electron chi connectivity index (χ0n) is 13.1. The van der Waals surface area contributed by atoms with Crippen LogP contribution in [0.4, 0.5) is 5.82 Å². The van der Waals surface area contributed by atoms with Crippen LogP contribution in [0.25, 0.3) is 5.69 Å². The van der Waals surface area contributed by atoms with E-state index < -0.39 is 17.2 Å². The fourth-order valence-electron chi connectivity index (χ4n) is 2.16. The second-order valence-electron chi connectivity index (χ2n) is 5.23. The molecular formula is C17H13BrN4O3. The number of carbonyl (C=O) groups is 1. The van der Waals surface area contributed by atoms with Crippen molar-refractivity contribution in [3.05, 3.63) is 74.7 Å². The highest BCUT2D eigenvalue weighted by Gasteiger charge is 2.18. The van der Waals surface area contributed by atoms with Gasteiger partial charge in [-0.2, -0.15) is 9.78 Å². The van der Waals surface area contributed by atoms with Crippen molar-refractivity contribution < 1.29 is 9.90 Å². The van der Waals surface area contributed by atoms with Crippen LogP contribution in [0.15, 0.2) is 57.9 Å².